The van der Waals surface area contributed by atoms with Crippen molar-refractivity contribution in [3.8, 4) is 0 Å². The average Bonchev–Trinajstić information content (AvgIpc) is 2.65. The Morgan fingerprint density at radius 3 is 2.92 bits per heavy atom. The Morgan fingerprint density at radius 2 is 1.96 bits per heavy atom. The summed E-state index contributed by atoms with van der Waals surface area (Å²) in [6.07, 6.45) is 4.93. The highest BCUT2D eigenvalue weighted by atomic mass is 16.1. The van der Waals surface area contributed by atoms with Crippen molar-refractivity contribution in [2.45, 2.75) is 31.7 Å². The highest BCUT2D eigenvalue weighted by Crippen LogP contribution is 2.31. The van der Waals surface area contributed by atoms with Crippen LogP contribution in [0.2, 0.25) is 0 Å². The Hall–Kier alpha value is -2.68. The maximum atomic E-state index is 12.7. The number of hydrogen-bond donors (Lipinski definition) is 1. The van der Waals surface area contributed by atoms with Crippen LogP contribution in [0.25, 0.3) is 10.9 Å². The standard InChI is InChI=1S/C21H20N2O/c24-21(19-10-5-8-16-6-1-3-9-18(16)19)23-14-15-12-17-7-2-4-11-20(17)22-13-15/h1-4,6-7,9,11-13,19H,5,8,10,14H2,(H,23,24). The fourth-order valence-corrected chi connectivity index (χ4v) is 3.55. The summed E-state index contributed by atoms with van der Waals surface area (Å²) in [4.78, 5) is 17.1. The van der Waals surface area contributed by atoms with E-state index in [1.54, 1.807) is 0 Å². The lowest BCUT2D eigenvalue weighted by Crippen LogP contribution is -2.31. The smallest absolute Gasteiger partial charge is 0.227 e. The molecule has 3 nitrogen and oxygen atoms in total. The topological polar surface area (TPSA) is 42.0 Å². The fourth-order valence-electron chi connectivity index (χ4n) is 3.55. The maximum absolute atomic E-state index is 12.7. The minimum Gasteiger partial charge on any atom is -0.351 e. The number of para-hydroxylation sites is 1. The number of rotatable bonds is 3. The van der Waals surface area contributed by atoms with Gasteiger partial charge in [-0.1, -0.05) is 42.5 Å². The second kappa shape index (κ2) is 6.44. The van der Waals surface area contributed by atoms with Crippen molar-refractivity contribution < 1.29 is 4.79 Å². The van der Waals surface area contributed by atoms with E-state index >= 15 is 0 Å². The zero-order valence-electron chi connectivity index (χ0n) is 13.5. The van der Waals surface area contributed by atoms with Crippen molar-refractivity contribution in [2.75, 3.05) is 0 Å². The van der Waals surface area contributed by atoms with Gasteiger partial charge in [0.25, 0.3) is 0 Å². The predicted molar refractivity (Wildman–Crippen MR) is 95.7 cm³/mol. The number of aryl methyl sites for hydroxylation is 1. The molecule has 0 fully saturated rings. The third-order valence-electron chi connectivity index (χ3n) is 4.80. The van der Waals surface area contributed by atoms with Crippen LogP contribution in [-0.4, -0.2) is 10.9 Å². The Balaban J connectivity index is 1.48. The van der Waals surface area contributed by atoms with Crippen molar-refractivity contribution in [3.63, 3.8) is 0 Å². The van der Waals surface area contributed by atoms with Gasteiger partial charge in [0.15, 0.2) is 0 Å². The number of carbonyl (C=O) groups excluding carboxylic acids is 1. The molecule has 1 aromatic heterocycles. The molecule has 3 heteroatoms. The van der Waals surface area contributed by atoms with E-state index in [-0.39, 0.29) is 11.8 Å². The summed E-state index contributed by atoms with van der Waals surface area (Å²) < 4.78 is 0. The second-order valence-electron chi connectivity index (χ2n) is 6.40. The molecule has 4 rings (SSSR count). The first kappa shape index (κ1) is 14.9. The van der Waals surface area contributed by atoms with Crippen LogP contribution < -0.4 is 5.32 Å². The van der Waals surface area contributed by atoms with Gasteiger partial charge in [0.05, 0.1) is 11.4 Å². The summed E-state index contributed by atoms with van der Waals surface area (Å²) in [5.41, 5.74) is 4.52. The largest absolute Gasteiger partial charge is 0.351 e. The van der Waals surface area contributed by atoms with Gasteiger partial charge in [0.1, 0.15) is 0 Å². The molecule has 2 aromatic carbocycles. The van der Waals surface area contributed by atoms with Gasteiger partial charge < -0.3 is 5.32 Å². The fraction of sp³-hybridized carbons (Fsp3) is 0.238. The van der Waals surface area contributed by atoms with Crippen molar-refractivity contribution in [2.24, 2.45) is 0 Å². The van der Waals surface area contributed by atoms with E-state index in [1.165, 1.54) is 11.1 Å². The lowest BCUT2D eigenvalue weighted by atomic mass is 9.82. The lowest BCUT2D eigenvalue weighted by Gasteiger charge is -2.24. The predicted octanol–water partition coefficient (Wildman–Crippen LogP) is 3.97. The van der Waals surface area contributed by atoms with E-state index in [4.69, 9.17) is 0 Å². The van der Waals surface area contributed by atoms with Crippen LogP contribution in [0.3, 0.4) is 0 Å². The molecule has 0 saturated heterocycles. The van der Waals surface area contributed by atoms with E-state index in [0.29, 0.717) is 6.54 Å². The zero-order valence-corrected chi connectivity index (χ0v) is 13.5. The first-order valence-electron chi connectivity index (χ1n) is 8.50. The van der Waals surface area contributed by atoms with Crippen LogP contribution >= 0.6 is 0 Å². The van der Waals surface area contributed by atoms with Gasteiger partial charge in [-0.3, -0.25) is 9.78 Å². The Bertz CT molecular complexity index is 888. The number of aromatic nitrogens is 1. The van der Waals surface area contributed by atoms with Gasteiger partial charge in [0.2, 0.25) is 5.91 Å². The van der Waals surface area contributed by atoms with Crippen molar-refractivity contribution >= 4 is 16.8 Å². The zero-order chi connectivity index (χ0) is 16.4. The SMILES string of the molecule is O=C(NCc1cnc2ccccc2c1)C1CCCc2ccccc21. The molecule has 0 aliphatic heterocycles. The number of amides is 1. The van der Waals surface area contributed by atoms with Gasteiger partial charge >= 0.3 is 0 Å². The van der Waals surface area contributed by atoms with E-state index < -0.39 is 0 Å². The number of pyridine rings is 1. The van der Waals surface area contributed by atoms with Crippen LogP contribution in [0.15, 0.2) is 60.8 Å². The summed E-state index contributed by atoms with van der Waals surface area (Å²) >= 11 is 0. The number of benzene rings is 2. The van der Waals surface area contributed by atoms with Gasteiger partial charge in [-0.05, 0) is 48.1 Å². The summed E-state index contributed by atoms with van der Waals surface area (Å²) in [5.74, 6) is 0.0960. The van der Waals surface area contributed by atoms with Crippen LogP contribution in [0.4, 0.5) is 0 Å². The molecular weight excluding hydrogens is 296 g/mol. The van der Waals surface area contributed by atoms with E-state index in [1.807, 2.05) is 36.5 Å². The monoisotopic (exact) mass is 316 g/mol. The summed E-state index contributed by atoms with van der Waals surface area (Å²) in [7, 11) is 0. The highest BCUT2D eigenvalue weighted by molar-refractivity contribution is 5.84. The number of fused-ring (bicyclic) bond motifs is 2. The molecule has 1 heterocycles. The quantitative estimate of drug-likeness (QED) is 0.794. The molecule has 0 bridgehead atoms. The molecular formula is C21H20N2O. The molecule has 24 heavy (non-hydrogen) atoms. The lowest BCUT2D eigenvalue weighted by molar-refractivity contribution is -0.123. The normalized spacial score (nSPS) is 16.6. The van der Waals surface area contributed by atoms with Crippen molar-refractivity contribution in [1.82, 2.24) is 10.3 Å². The van der Waals surface area contributed by atoms with Gasteiger partial charge in [-0.25, -0.2) is 0 Å². The Morgan fingerprint density at radius 1 is 1.12 bits per heavy atom. The third-order valence-corrected chi connectivity index (χ3v) is 4.80. The van der Waals surface area contributed by atoms with Gasteiger partial charge in [0, 0.05) is 18.1 Å². The summed E-state index contributed by atoms with van der Waals surface area (Å²) in [5, 5.41) is 4.20. The average molecular weight is 316 g/mol. The van der Waals surface area contributed by atoms with E-state index in [0.717, 1.165) is 35.7 Å². The molecule has 0 radical (unpaired) electrons. The molecule has 120 valence electrons. The van der Waals surface area contributed by atoms with E-state index in [2.05, 4.69) is 34.6 Å². The van der Waals surface area contributed by atoms with Crippen molar-refractivity contribution in [3.05, 3.63) is 77.5 Å². The molecule has 1 unspecified atom stereocenters. The van der Waals surface area contributed by atoms with Crippen LogP contribution in [0.1, 0.15) is 35.4 Å². The molecule has 1 aliphatic rings. The molecule has 1 atom stereocenters. The summed E-state index contributed by atoms with van der Waals surface area (Å²) in [6.45, 7) is 0.523. The minimum absolute atomic E-state index is 0.0247. The first-order chi connectivity index (χ1) is 11.8. The van der Waals surface area contributed by atoms with Crippen LogP contribution in [0, 0.1) is 0 Å². The number of nitrogens with zero attached hydrogens (tertiary/aromatic N) is 1. The highest BCUT2D eigenvalue weighted by Gasteiger charge is 2.25. The van der Waals surface area contributed by atoms with E-state index in [9.17, 15) is 4.79 Å². The number of nitrogens with one attached hydrogen (secondary N) is 1. The van der Waals surface area contributed by atoms with Crippen molar-refractivity contribution in [1.29, 1.82) is 0 Å². The Labute approximate surface area is 141 Å². The maximum Gasteiger partial charge on any atom is 0.227 e. The molecule has 0 spiro atoms. The third kappa shape index (κ3) is 2.90. The number of hydrogen-bond acceptors (Lipinski definition) is 2. The molecule has 1 N–H and O–H groups in total. The van der Waals surface area contributed by atoms with Gasteiger partial charge in [-0.15, -0.1) is 0 Å². The molecule has 0 saturated carbocycles. The molecule has 1 amide bonds. The van der Waals surface area contributed by atoms with Crippen LogP contribution in [0.5, 0.6) is 0 Å². The van der Waals surface area contributed by atoms with Crippen LogP contribution in [-0.2, 0) is 17.8 Å². The first-order valence-corrected chi connectivity index (χ1v) is 8.50. The Kier molecular flexibility index (Phi) is 3.99. The summed E-state index contributed by atoms with van der Waals surface area (Å²) in [6, 6.07) is 18.4. The minimum atomic E-state index is -0.0247. The molecule has 1 aliphatic carbocycles. The molecule has 3 aromatic rings. The number of carbonyl (C=O) groups is 1. The van der Waals surface area contributed by atoms with Gasteiger partial charge in [-0.2, -0.15) is 0 Å². The second-order valence-corrected chi connectivity index (χ2v) is 6.40.